The molecule has 0 aliphatic carbocycles. The third kappa shape index (κ3) is 5.30. The minimum atomic E-state index is 0.704. The minimum Gasteiger partial charge on any atom is -0.379 e. The van der Waals surface area contributed by atoms with Crippen molar-refractivity contribution in [3.05, 3.63) is 12.3 Å². The van der Waals surface area contributed by atoms with Crippen molar-refractivity contribution in [1.82, 2.24) is 14.9 Å². The van der Waals surface area contributed by atoms with E-state index in [1.807, 2.05) is 6.07 Å². The Bertz CT molecular complexity index is 382. The summed E-state index contributed by atoms with van der Waals surface area (Å²) in [7, 11) is 0. The largest absolute Gasteiger partial charge is 0.379 e. The Morgan fingerprint density at radius 1 is 1.25 bits per heavy atom. The highest BCUT2D eigenvalue weighted by molar-refractivity contribution is 5.39. The predicted octanol–water partition coefficient (Wildman–Crippen LogP) is 1.43. The molecule has 0 saturated carbocycles. The first-order chi connectivity index (χ1) is 9.88. The van der Waals surface area contributed by atoms with Gasteiger partial charge >= 0.3 is 0 Å². The van der Waals surface area contributed by atoms with Crippen LogP contribution in [0.4, 0.5) is 11.8 Å². The second kappa shape index (κ2) is 8.71. The van der Waals surface area contributed by atoms with Crippen LogP contribution in [0.25, 0.3) is 0 Å². The van der Waals surface area contributed by atoms with Crippen molar-refractivity contribution < 1.29 is 4.74 Å². The molecule has 1 aliphatic heterocycles. The second-order valence-electron chi connectivity index (χ2n) is 4.93. The molecule has 6 nitrogen and oxygen atoms in total. The van der Waals surface area contributed by atoms with Crippen molar-refractivity contribution >= 4 is 11.8 Å². The number of morpholine rings is 1. The first-order valence-electron chi connectivity index (χ1n) is 7.49. The van der Waals surface area contributed by atoms with Gasteiger partial charge in [-0.05, 0) is 12.5 Å². The molecule has 1 aromatic heterocycles. The van der Waals surface area contributed by atoms with Crippen molar-refractivity contribution in [2.75, 3.05) is 56.6 Å². The minimum absolute atomic E-state index is 0.704. The van der Waals surface area contributed by atoms with E-state index in [9.17, 15) is 0 Å². The van der Waals surface area contributed by atoms with Crippen molar-refractivity contribution in [2.24, 2.45) is 0 Å². The Labute approximate surface area is 120 Å². The molecule has 0 aromatic carbocycles. The topological polar surface area (TPSA) is 62.3 Å². The number of hydrogen-bond acceptors (Lipinski definition) is 6. The molecule has 0 unspecified atom stereocenters. The molecule has 1 saturated heterocycles. The first kappa shape index (κ1) is 15.0. The maximum atomic E-state index is 5.34. The van der Waals surface area contributed by atoms with Crippen LogP contribution in [0.3, 0.4) is 0 Å². The zero-order valence-electron chi connectivity index (χ0n) is 12.3. The fourth-order valence-corrected chi connectivity index (χ4v) is 2.09. The van der Waals surface area contributed by atoms with E-state index < -0.39 is 0 Å². The standard InChI is InChI=1S/C14H25N5O/c1-2-3-5-16-14-17-6-4-13(18-14)15-7-8-19-9-11-20-12-10-19/h4,6H,2-3,5,7-12H2,1H3,(H2,15,16,17,18). The molecule has 0 bridgehead atoms. The summed E-state index contributed by atoms with van der Waals surface area (Å²) in [4.78, 5) is 11.1. The lowest BCUT2D eigenvalue weighted by Gasteiger charge is -2.26. The Morgan fingerprint density at radius 2 is 2.10 bits per heavy atom. The molecule has 0 amide bonds. The van der Waals surface area contributed by atoms with Crippen molar-refractivity contribution in [2.45, 2.75) is 19.8 Å². The summed E-state index contributed by atoms with van der Waals surface area (Å²) in [5.74, 6) is 1.59. The summed E-state index contributed by atoms with van der Waals surface area (Å²) in [6.45, 7) is 8.75. The molecule has 2 N–H and O–H groups in total. The maximum absolute atomic E-state index is 5.34. The fraction of sp³-hybridized carbons (Fsp3) is 0.714. The number of aromatic nitrogens is 2. The van der Waals surface area contributed by atoms with Gasteiger partial charge in [0.2, 0.25) is 5.95 Å². The lowest BCUT2D eigenvalue weighted by Crippen LogP contribution is -2.39. The van der Waals surface area contributed by atoms with Gasteiger partial charge in [0.1, 0.15) is 5.82 Å². The quantitative estimate of drug-likeness (QED) is 0.702. The van der Waals surface area contributed by atoms with Crippen molar-refractivity contribution in [3.8, 4) is 0 Å². The van der Waals surface area contributed by atoms with Gasteiger partial charge in [-0.1, -0.05) is 13.3 Å². The predicted molar refractivity (Wildman–Crippen MR) is 81.2 cm³/mol. The molecule has 0 radical (unpaired) electrons. The normalized spacial score (nSPS) is 16.1. The zero-order chi connectivity index (χ0) is 14.0. The molecule has 2 heterocycles. The van der Waals surface area contributed by atoms with Gasteiger partial charge in [0, 0.05) is 38.9 Å². The first-order valence-corrected chi connectivity index (χ1v) is 7.49. The number of nitrogens with zero attached hydrogens (tertiary/aromatic N) is 3. The van der Waals surface area contributed by atoms with Crippen LogP contribution in [0.15, 0.2) is 12.3 Å². The van der Waals surface area contributed by atoms with Gasteiger partial charge in [-0.15, -0.1) is 0 Å². The van der Waals surface area contributed by atoms with Crippen LogP contribution in [-0.2, 0) is 4.74 Å². The average molecular weight is 279 g/mol. The van der Waals surface area contributed by atoms with E-state index >= 15 is 0 Å². The van der Waals surface area contributed by atoms with Gasteiger partial charge in [0.25, 0.3) is 0 Å². The number of rotatable bonds is 8. The SMILES string of the molecule is CCCCNc1nccc(NCCN2CCOCC2)n1. The highest BCUT2D eigenvalue weighted by Gasteiger charge is 2.09. The molecule has 1 fully saturated rings. The highest BCUT2D eigenvalue weighted by Crippen LogP contribution is 2.06. The third-order valence-corrected chi connectivity index (χ3v) is 3.31. The van der Waals surface area contributed by atoms with Crippen LogP contribution in [0.2, 0.25) is 0 Å². The molecular formula is C14H25N5O. The van der Waals surface area contributed by atoms with E-state index in [4.69, 9.17) is 4.74 Å². The summed E-state index contributed by atoms with van der Waals surface area (Å²) < 4.78 is 5.34. The van der Waals surface area contributed by atoms with E-state index in [-0.39, 0.29) is 0 Å². The summed E-state index contributed by atoms with van der Waals surface area (Å²) in [6, 6.07) is 1.91. The van der Waals surface area contributed by atoms with Crippen LogP contribution in [0, 0.1) is 0 Å². The molecule has 112 valence electrons. The van der Waals surface area contributed by atoms with Gasteiger partial charge in [0.05, 0.1) is 13.2 Å². The molecule has 1 aliphatic rings. The average Bonchev–Trinajstić information content (AvgIpc) is 2.49. The molecule has 1 aromatic rings. The van der Waals surface area contributed by atoms with Gasteiger partial charge in [-0.25, -0.2) is 4.98 Å². The highest BCUT2D eigenvalue weighted by atomic mass is 16.5. The monoisotopic (exact) mass is 279 g/mol. The van der Waals surface area contributed by atoms with Gasteiger partial charge in [0.15, 0.2) is 0 Å². The van der Waals surface area contributed by atoms with Crippen molar-refractivity contribution in [3.63, 3.8) is 0 Å². The van der Waals surface area contributed by atoms with Crippen LogP contribution in [-0.4, -0.2) is 60.8 Å². The van der Waals surface area contributed by atoms with Crippen LogP contribution < -0.4 is 10.6 Å². The van der Waals surface area contributed by atoms with Crippen LogP contribution in [0.5, 0.6) is 0 Å². The van der Waals surface area contributed by atoms with Crippen molar-refractivity contribution in [1.29, 1.82) is 0 Å². The Kier molecular flexibility index (Phi) is 6.53. The van der Waals surface area contributed by atoms with E-state index in [1.165, 1.54) is 6.42 Å². The third-order valence-electron chi connectivity index (χ3n) is 3.31. The van der Waals surface area contributed by atoms with E-state index in [0.29, 0.717) is 5.95 Å². The van der Waals surface area contributed by atoms with Crippen LogP contribution in [0.1, 0.15) is 19.8 Å². The van der Waals surface area contributed by atoms with Crippen LogP contribution >= 0.6 is 0 Å². The smallest absolute Gasteiger partial charge is 0.224 e. The zero-order valence-corrected chi connectivity index (χ0v) is 12.3. The number of nitrogens with one attached hydrogen (secondary N) is 2. The molecule has 2 rings (SSSR count). The Hall–Kier alpha value is -1.40. The van der Waals surface area contributed by atoms with Gasteiger partial charge < -0.3 is 15.4 Å². The van der Waals surface area contributed by atoms with E-state index in [1.54, 1.807) is 6.20 Å². The molecule has 6 heteroatoms. The van der Waals surface area contributed by atoms with E-state index in [0.717, 1.165) is 58.2 Å². The molecular weight excluding hydrogens is 254 g/mol. The van der Waals surface area contributed by atoms with E-state index in [2.05, 4.69) is 32.4 Å². The Balaban J connectivity index is 1.70. The summed E-state index contributed by atoms with van der Waals surface area (Å²) in [5.41, 5.74) is 0. The summed E-state index contributed by atoms with van der Waals surface area (Å²) >= 11 is 0. The number of unbranched alkanes of at least 4 members (excludes halogenated alkanes) is 1. The molecule has 0 spiro atoms. The number of hydrogen-bond donors (Lipinski definition) is 2. The summed E-state index contributed by atoms with van der Waals surface area (Å²) in [6.07, 6.45) is 4.10. The molecule has 20 heavy (non-hydrogen) atoms. The Morgan fingerprint density at radius 3 is 2.90 bits per heavy atom. The second-order valence-corrected chi connectivity index (χ2v) is 4.93. The lowest BCUT2D eigenvalue weighted by molar-refractivity contribution is 0.0398. The lowest BCUT2D eigenvalue weighted by atomic mass is 10.3. The summed E-state index contributed by atoms with van der Waals surface area (Å²) in [5, 5.41) is 6.59. The number of ether oxygens (including phenoxy) is 1. The number of anilines is 2. The maximum Gasteiger partial charge on any atom is 0.224 e. The van der Waals surface area contributed by atoms with Gasteiger partial charge in [-0.2, -0.15) is 4.98 Å². The van der Waals surface area contributed by atoms with Gasteiger partial charge in [-0.3, -0.25) is 4.90 Å². The fourth-order valence-electron chi connectivity index (χ4n) is 2.09. The molecule has 0 atom stereocenters.